The molecule has 1 heteroatoms. The molecule has 2 aliphatic rings. The van der Waals surface area contributed by atoms with Crippen molar-refractivity contribution in [2.75, 3.05) is 13.7 Å². The van der Waals surface area contributed by atoms with Crippen LogP contribution in [0.2, 0.25) is 0 Å². The average molecular weight is 280 g/mol. The fourth-order valence-corrected chi connectivity index (χ4v) is 5.18. The second-order valence-corrected chi connectivity index (χ2v) is 7.44. The molecule has 0 amide bonds. The van der Waals surface area contributed by atoms with Gasteiger partial charge in [0.1, 0.15) is 0 Å². The number of hydrogen-bond acceptors (Lipinski definition) is 1. The molecule has 0 N–H and O–H groups in total. The van der Waals surface area contributed by atoms with E-state index in [1.807, 2.05) is 7.11 Å². The van der Waals surface area contributed by atoms with E-state index in [9.17, 15) is 0 Å². The van der Waals surface area contributed by atoms with Gasteiger partial charge in [0.25, 0.3) is 0 Å². The lowest BCUT2D eigenvalue weighted by Gasteiger charge is -2.49. The third-order valence-electron chi connectivity index (χ3n) is 6.25. The van der Waals surface area contributed by atoms with Crippen molar-refractivity contribution in [3.05, 3.63) is 0 Å². The van der Waals surface area contributed by atoms with Crippen molar-refractivity contribution < 1.29 is 4.74 Å². The molecule has 0 bridgehead atoms. The molecule has 0 aromatic rings. The molecular formula is C19H36O. The Morgan fingerprint density at radius 3 is 1.75 bits per heavy atom. The Hall–Kier alpha value is -0.0400. The first kappa shape index (κ1) is 16.3. The van der Waals surface area contributed by atoms with Gasteiger partial charge in [-0.05, 0) is 49.4 Å². The first-order valence-electron chi connectivity index (χ1n) is 9.32. The number of hydrogen-bond donors (Lipinski definition) is 0. The van der Waals surface area contributed by atoms with Crippen LogP contribution in [0.3, 0.4) is 0 Å². The summed E-state index contributed by atoms with van der Waals surface area (Å²) in [5.74, 6) is 1.90. The van der Waals surface area contributed by atoms with E-state index in [2.05, 4.69) is 6.92 Å². The van der Waals surface area contributed by atoms with E-state index in [1.165, 1.54) is 83.5 Å². The highest BCUT2D eigenvalue weighted by molar-refractivity contribution is 4.94. The number of unbranched alkanes of at least 4 members (excludes halogenated alkanes) is 1. The van der Waals surface area contributed by atoms with Gasteiger partial charge < -0.3 is 4.74 Å². The Balaban J connectivity index is 2.16. The van der Waals surface area contributed by atoms with Crippen LogP contribution in [0, 0.1) is 17.3 Å². The van der Waals surface area contributed by atoms with Gasteiger partial charge in [-0.1, -0.05) is 58.3 Å². The van der Waals surface area contributed by atoms with Crippen molar-refractivity contribution in [2.24, 2.45) is 17.3 Å². The van der Waals surface area contributed by atoms with E-state index < -0.39 is 0 Å². The number of ether oxygens (including phenoxy) is 1. The van der Waals surface area contributed by atoms with Gasteiger partial charge in [-0.25, -0.2) is 0 Å². The van der Waals surface area contributed by atoms with E-state index in [4.69, 9.17) is 4.74 Å². The van der Waals surface area contributed by atoms with Crippen molar-refractivity contribution in [3.8, 4) is 0 Å². The lowest BCUT2D eigenvalue weighted by molar-refractivity contribution is -0.0516. The predicted octanol–water partition coefficient (Wildman–Crippen LogP) is 5.97. The summed E-state index contributed by atoms with van der Waals surface area (Å²) < 4.78 is 5.81. The first-order valence-corrected chi connectivity index (χ1v) is 9.32. The van der Waals surface area contributed by atoms with Gasteiger partial charge >= 0.3 is 0 Å². The highest BCUT2D eigenvalue weighted by atomic mass is 16.5. The smallest absolute Gasteiger partial charge is 0.0523 e. The summed E-state index contributed by atoms with van der Waals surface area (Å²) in [5, 5.41) is 0. The summed E-state index contributed by atoms with van der Waals surface area (Å²) in [5.41, 5.74) is 0.519. The van der Waals surface area contributed by atoms with Crippen LogP contribution in [-0.4, -0.2) is 13.7 Å². The van der Waals surface area contributed by atoms with Crippen LogP contribution in [0.4, 0.5) is 0 Å². The molecule has 0 atom stereocenters. The van der Waals surface area contributed by atoms with Crippen LogP contribution < -0.4 is 0 Å². The maximum Gasteiger partial charge on any atom is 0.0523 e. The van der Waals surface area contributed by atoms with E-state index >= 15 is 0 Å². The minimum absolute atomic E-state index is 0.519. The van der Waals surface area contributed by atoms with Gasteiger partial charge in [-0.2, -0.15) is 0 Å². The first-order chi connectivity index (χ1) is 9.83. The second-order valence-electron chi connectivity index (χ2n) is 7.44. The van der Waals surface area contributed by atoms with Crippen molar-refractivity contribution in [2.45, 2.75) is 90.4 Å². The molecule has 0 unspecified atom stereocenters. The van der Waals surface area contributed by atoms with Crippen molar-refractivity contribution in [1.29, 1.82) is 0 Å². The topological polar surface area (TPSA) is 9.23 Å². The molecule has 2 aliphatic carbocycles. The molecule has 2 fully saturated rings. The lowest BCUT2D eigenvalue weighted by Crippen LogP contribution is -2.44. The minimum atomic E-state index is 0.519. The maximum absolute atomic E-state index is 5.81. The number of methoxy groups -OCH3 is 1. The predicted molar refractivity (Wildman–Crippen MR) is 87.0 cm³/mol. The van der Waals surface area contributed by atoms with Gasteiger partial charge in [-0.15, -0.1) is 0 Å². The van der Waals surface area contributed by atoms with Crippen LogP contribution in [0.25, 0.3) is 0 Å². The molecule has 0 heterocycles. The van der Waals surface area contributed by atoms with E-state index in [1.54, 1.807) is 0 Å². The monoisotopic (exact) mass is 280 g/mol. The van der Waals surface area contributed by atoms with Crippen LogP contribution in [0.15, 0.2) is 0 Å². The summed E-state index contributed by atoms with van der Waals surface area (Å²) in [4.78, 5) is 0. The Morgan fingerprint density at radius 2 is 1.35 bits per heavy atom. The van der Waals surface area contributed by atoms with Crippen LogP contribution >= 0.6 is 0 Å². The second kappa shape index (κ2) is 8.41. The summed E-state index contributed by atoms with van der Waals surface area (Å²) in [7, 11) is 1.94. The molecule has 20 heavy (non-hydrogen) atoms. The standard InChI is InChI=1S/C19H36O/c1-3-4-15-19(16-20-2,17-11-7-5-8-12-17)18-13-9-6-10-14-18/h17-18H,3-16H2,1-2H3. The zero-order valence-electron chi connectivity index (χ0n) is 14.0. The maximum atomic E-state index is 5.81. The van der Waals surface area contributed by atoms with Crippen LogP contribution in [0.1, 0.15) is 90.4 Å². The Kier molecular flexibility index (Phi) is 6.87. The van der Waals surface area contributed by atoms with E-state index in [0.717, 1.165) is 18.4 Å². The largest absolute Gasteiger partial charge is 0.384 e. The normalized spacial score (nSPS) is 23.1. The molecule has 1 nitrogen and oxygen atoms in total. The van der Waals surface area contributed by atoms with Crippen molar-refractivity contribution in [3.63, 3.8) is 0 Å². The zero-order valence-corrected chi connectivity index (χ0v) is 14.0. The lowest BCUT2D eigenvalue weighted by atomic mass is 9.57. The number of rotatable bonds is 7. The van der Waals surface area contributed by atoms with E-state index in [-0.39, 0.29) is 0 Å². The summed E-state index contributed by atoms with van der Waals surface area (Å²) in [6, 6.07) is 0. The van der Waals surface area contributed by atoms with Gasteiger partial charge in [-0.3, -0.25) is 0 Å². The quantitative estimate of drug-likeness (QED) is 0.558. The van der Waals surface area contributed by atoms with Crippen molar-refractivity contribution >= 4 is 0 Å². The van der Waals surface area contributed by atoms with Gasteiger partial charge in [0.15, 0.2) is 0 Å². The Bertz CT molecular complexity index is 230. The van der Waals surface area contributed by atoms with Crippen LogP contribution in [-0.2, 0) is 4.74 Å². The highest BCUT2D eigenvalue weighted by Gasteiger charge is 2.44. The Morgan fingerprint density at radius 1 is 0.850 bits per heavy atom. The molecule has 0 aliphatic heterocycles. The molecule has 0 spiro atoms. The summed E-state index contributed by atoms with van der Waals surface area (Å²) in [6.07, 6.45) is 18.9. The van der Waals surface area contributed by atoms with Crippen LogP contribution in [0.5, 0.6) is 0 Å². The van der Waals surface area contributed by atoms with Gasteiger partial charge in [0.2, 0.25) is 0 Å². The fourth-order valence-electron chi connectivity index (χ4n) is 5.18. The average Bonchev–Trinajstić information content (AvgIpc) is 2.53. The third kappa shape index (κ3) is 3.78. The summed E-state index contributed by atoms with van der Waals surface area (Å²) >= 11 is 0. The molecular weight excluding hydrogens is 244 g/mol. The molecule has 0 radical (unpaired) electrons. The van der Waals surface area contributed by atoms with E-state index in [0.29, 0.717) is 5.41 Å². The van der Waals surface area contributed by atoms with Crippen molar-refractivity contribution in [1.82, 2.24) is 0 Å². The zero-order chi connectivity index (χ0) is 14.3. The van der Waals surface area contributed by atoms with Gasteiger partial charge in [0.05, 0.1) is 6.61 Å². The molecule has 0 aromatic carbocycles. The third-order valence-corrected chi connectivity index (χ3v) is 6.25. The highest BCUT2D eigenvalue weighted by Crippen LogP contribution is 2.51. The fraction of sp³-hybridized carbons (Fsp3) is 1.00. The molecule has 118 valence electrons. The summed E-state index contributed by atoms with van der Waals surface area (Å²) in [6.45, 7) is 3.38. The Labute approximate surface area is 126 Å². The molecule has 0 saturated heterocycles. The van der Waals surface area contributed by atoms with Gasteiger partial charge in [0, 0.05) is 7.11 Å². The minimum Gasteiger partial charge on any atom is -0.384 e. The molecule has 0 aromatic heterocycles. The molecule has 2 saturated carbocycles. The molecule has 2 rings (SSSR count). The SMILES string of the molecule is CCCCC(COC)(C1CCCCC1)C1CCCCC1.